The monoisotopic (exact) mass is 684 g/mol. The Morgan fingerprint density at radius 2 is 0.611 bits per heavy atom. The van der Waals surface area contributed by atoms with Crippen molar-refractivity contribution in [2.45, 2.75) is 0 Å². The quantitative estimate of drug-likeness (QED) is 0.153. The van der Waals surface area contributed by atoms with Crippen LogP contribution in [0.3, 0.4) is 0 Å². The Kier molecular flexibility index (Phi) is 7.93. The van der Waals surface area contributed by atoms with Crippen LogP contribution in [0.25, 0.3) is 99.1 Å². The maximum Gasteiger partial charge on any atom is -0.00199 e. The minimum atomic E-state index is 1.19. The Hall–Kier alpha value is -7.02. The van der Waals surface area contributed by atoms with E-state index in [2.05, 4.69) is 218 Å². The summed E-state index contributed by atoms with van der Waals surface area (Å²) in [7, 11) is 0. The van der Waals surface area contributed by atoms with Gasteiger partial charge in [-0.15, -0.1) is 0 Å². The number of hydrogen-bond acceptors (Lipinski definition) is 0. The number of rotatable bonds is 6. The highest BCUT2D eigenvalue weighted by Gasteiger charge is 2.21. The summed E-state index contributed by atoms with van der Waals surface area (Å²) in [6.07, 6.45) is 0. The van der Waals surface area contributed by atoms with Crippen molar-refractivity contribution in [3.05, 3.63) is 218 Å². The van der Waals surface area contributed by atoms with Gasteiger partial charge in [0, 0.05) is 0 Å². The summed E-state index contributed by atoms with van der Waals surface area (Å²) in [5.74, 6) is 0. The van der Waals surface area contributed by atoms with Crippen LogP contribution < -0.4 is 0 Å². The Bertz CT molecular complexity index is 2890. The van der Waals surface area contributed by atoms with Gasteiger partial charge in [-0.1, -0.05) is 212 Å². The minimum absolute atomic E-state index is 1.19. The molecule has 0 radical (unpaired) electrons. The molecule has 0 saturated heterocycles. The van der Waals surface area contributed by atoms with Crippen LogP contribution in [0, 0.1) is 0 Å². The molecular formula is C54H36. The average Bonchev–Trinajstić information content (AvgIpc) is 3.26. The maximum absolute atomic E-state index is 2.45. The van der Waals surface area contributed by atoms with Crippen molar-refractivity contribution < 1.29 is 0 Å². The van der Waals surface area contributed by atoms with Gasteiger partial charge >= 0.3 is 0 Å². The van der Waals surface area contributed by atoms with Gasteiger partial charge < -0.3 is 0 Å². The van der Waals surface area contributed by atoms with E-state index in [1.165, 1.54) is 99.1 Å². The van der Waals surface area contributed by atoms with E-state index in [0.29, 0.717) is 0 Å². The van der Waals surface area contributed by atoms with Crippen molar-refractivity contribution in [2.24, 2.45) is 0 Å². The number of benzene rings is 10. The SMILES string of the molecule is c1ccc(-c2ccc(-c3ccccc3-c3ccc(-c4cccc5ccccc45)c(-c4c5ccccc5c(-c5ccccc5)c5ccccc45)c3)cc2)cc1. The van der Waals surface area contributed by atoms with Crippen LogP contribution in [0.4, 0.5) is 0 Å². The van der Waals surface area contributed by atoms with Crippen molar-refractivity contribution >= 4 is 32.3 Å². The van der Waals surface area contributed by atoms with E-state index in [1.54, 1.807) is 0 Å². The van der Waals surface area contributed by atoms with Crippen molar-refractivity contribution in [3.63, 3.8) is 0 Å². The third-order valence-corrected chi connectivity index (χ3v) is 10.9. The molecule has 54 heavy (non-hydrogen) atoms. The van der Waals surface area contributed by atoms with E-state index in [4.69, 9.17) is 0 Å². The molecule has 0 atom stereocenters. The standard InChI is InChI=1S/C54H36/c1-3-16-37(17-4-1)38-30-32-40(33-31-38)43-22-9-10-24-45(43)42-34-35-47(46-29-15-21-39-18-7-8-23-44(39)46)52(36-42)54-50-27-13-11-25-48(50)53(41-19-5-2-6-20-41)49-26-12-14-28-51(49)54/h1-36H. The molecule has 0 aliphatic rings. The lowest BCUT2D eigenvalue weighted by Crippen LogP contribution is -1.94. The van der Waals surface area contributed by atoms with E-state index in [0.717, 1.165) is 0 Å². The molecule has 0 bridgehead atoms. The molecule has 0 heteroatoms. The second-order valence-electron chi connectivity index (χ2n) is 14.0. The molecule has 0 aliphatic carbocycles. The molecule has 0 amide bonds. The minimum Gasteiger partial charge on any atom is -0.0622 e. The zero-order valence-corrected chi connectivity index (χ0v) is 29.8. The Morgan fingerprint density at radius 1 is 0.185 bits per heavy atom. The van der Waals surface area contributed by atoms with Crippen molar-refractivity contribution in [2.75, 3.05) is 0 Å². The molecule has 10 aromatic carbocycles. The predicted molar refractivity (Wildman–Crippen MR) is 232 cm³/mol. The molecule has 0 heterocycles. The van der Waals surface area contributed by atoms with Gasteiger partial charge in [0.05, 0.1) is 0 Å². The van der Waals surface area contributed by atoms with Crippen molar-refractivity contribution in [1.29, 1.82) is 0 Å². The van der Waals surface area contributed by atoms with E-state index < -0.39 is 0 Å². The lowest BCUT2D eigenvalue weighted by molar-refractivity contribution is 1.56. The predicted octanol–water partition coefficient (Wildman–Crippen LogP) is 15.1. The summed E-state index contributed by atoms with van der Waals surface area (Å²) < 4.78 is 0. The van der Waals surface area contributed by atoms with Crippen molar-refractivity contribution in [1.82, 2.24) is 0 Å². The van der Waals surface area contributed by atoms with E-state index in [-0.39, 0.29) is 0 Å². The third kappa shape index (κ3) is 5.48. The second-order valence-corrected chi connectivity index (χ2v) is 14.0. The first kappa shape index (κ1) is 31.7. The number of fused-ring (bicyclic) bond motifs is 3. The molecule has 0 N–H and O–H groups in total. The fraction of sp³-hybridized carbons (Fsp3) is 0. The highest BCUT2D eigenvalue weighted by Crippen LogP contribution is 2.48. The molecule has 10 rings (SSSR count). The molecule has 0 aromatic heterocycles. The van der Waals surface area contributed by atoms with Gasteiger partial charge in [-0.25, -0.2) is 0 Å². The van der Waals surface area contributed by atoms with Crippen LogP contribution in [0.15, 0.2) is 218 Å². The fourth-order valence-corrected chi connectivity index (χ4v) is 8.41. The first-order chi connectivity index (χ1) is 26.8. The summed E-state index contributed by atoms with van der Waals surface area (Å²) in [5, 5.41) is 7.50. The molecular weight excluding hydrogens is 649 g/mol. The van der Waals surface area contributed by atoms with Gasteiger partial charge in [-0.3, -0.25) is 0 Å². The Labute approximate surface area is 316 Å². The van der Waals surface area contributed by atoms with Gasteiger partial charge in [-0.2, -0.15) is 0 Å². The van der Waals surface area contributed by atoms with Gasteiger partial charge in [0.2, 0.25) is 0 Å². The van der Waals surface area contributed by atoms with E-state index >= 15 is 0 Å². The molecule has 0 fully saturated rings. The highest BCUT2D eigenvalue weighted by molar-refractivity contribution is 6.23. The van der Waals surface area contributed by atoms with Crippen LogP contribution in [-0.2, 0) is 0 Å². The summed E-state index contributed by atoms with van der Waals surface area (Å²) in [5.41, 5.74) is 14.7. The summed E-state index contributed by atoms with van der Waals surface area (Å²) in [6.45, 7) is 0. The summed E-state index contributed by atoms with van der Waals surface area (Å²) >= 11 is 0. The molecule has 0 unspecified atom stereocenters. The van der Waals surface area contributed by atoms with Crippen LogP contribution in [0.2, 0.25) is 0 Å². The van der Waals surface area contributed by atoms with Gasteiger partial charge in [0.15, 0.2) is 0 Å². The molecule has 0 spiro atoms. The third-order valence-electron chi connectivity index (χ3n) is 10.9. The molecule has 0 saturated carbocycles. The normalized spacial score (nSPS) is 11.3. The largest absolute Gasteiger partial charge is 0.0622 e. The topological polar surface area (TPSA) is 0 Å². The fourth-order valence-electron chi connectivity index (χ4n) is 8.41. The van der Waals surface area contributed by atoms with Crippen LogP contribution in [-0.4, -0.2) is 0 Å². The first-order valence-electron chi connectivity index (χ1n) is 18.7. The second kappa shape index (κ2) is 13.5. The molecule has 10 aromatic rings. The van der Waals surface area contributed by atoms with Crippen LogP contribution >= 0.6 is 0 Å². The van der Waals surface area contributed by atoms with Crippen LogP contribution in [0.1, 0.15) is 0 Å². The first-order valence-corrected chi connectivity index (χ1v) is 18.7. The summed E-state index contributed by atoms with van der Waals surface area (Å²) in [4.78, 5) is 0. The lowest BCUT2D eigenvalue weighted by Gasteiger charge is -2.21. The highest BCUT2D eigenvalue weighted by atomic mass is 14.2. The molecule has 0 aliphatic heterocycles. The van der Waals surface area contributed by atoms with Crippen molar-refractivity contribution in [3.8, 4) is 66.8 Å². The van der Waals surface area contributed by atoms with Gasteiger partial charge in [0.1, 0.15) is 0 Å². The maximum atomic E-state index is 2.45. The summed E-state index contributed by atoms with van der Waals surface area (Å²) in [6, 6.07) is 79.8. The average molecular weight is 685 g/mol. The van der Waals surface area contributed by atoms with Crippen LogP contribution in [0.5, 0.6) is 0 Å². The smallest absolute Gasteiger partial charge is 0.00199 e. The lowest BCUT2D eigenvalue weighted by atomic mass is 9.82. The Balaban J connectivity index is 1.25. The zero-order chi connectivity index (χ0) is 35.8. The van der Waals surface area contributed by atoms with Gasteiger partial charge in [-0.05, 0) is 105 Å². The van der Waals surface area contributed by atoms with E-state index in [1.807, 2.05) is 0 Å². The van der Waals surface area contributed by atoms with Gasteiger partial charge in [0.25, 0.3) is 0 Å². The molecule has 0 nitrogen and oxygen atoms in total. The van der Waals surface area contributed by atoms with E-state index in [9.17, 15) is 0 Å². The Morgan fingerprint density at radius 3 is 1.26 bits per heavy atom. The zero-order valence-electron chi connectivity index (χ0n) is 29.8. The number of hydrogen-bond donors (Lipinski definition) is 0. The molecule has 252 valence electrons.